The summed E-state index contributed by atoms with van der Waals surface area (Å²) in [5, 5.41) is 4.43. The number of imidazole rings is 1. The second-order valence-corrected chi connectivity index (χ2v) is 9.44. The average Bonchev–Trinajstić information content (AvgIpc) is 3.45. The summed E-state index contributed by atoms with van der Waals surface area (Å²) < 4.78 is 32.3. The van der Waals surface area contributed by atoms with Crippen LogP contribution in [0.2, 0.25) is 5.02 Å². The number of aromatic nitrogens is 4. The molecule has 1 aliphatic rings. The van der Waals surface area contributed by atoms with Gasteiger partial charge in [-0.2, -0.15) is 0 Å². The molecule has 0 fully saturated rings. The van der Waals surface area contributed by atoms with Gasteiger partial charge in [0.1, 0.15) is 18.2 Å². The largest absolute Gasteiger partial charge is 0.488 e. The molecule has 0 radical (unpaired) electrons. The highest BCUT2D eigenvalue weighted by Gasteiger charge is 2.24. The highest BCUT2D eigenvalue weighted by molar-refractivity contribution is 6.33. The van der Waals surface area contributed by atoms with Gasteiger partial charge in [-0.05, 0) is 53.5 Å². The predicted molar refractivity (Wildman–Crippen MR) is 140 cm³/mol. The summed E-state index contributed by atoms with van der Waals surface area (Å²) in [6.45, 7) is 2.42. The fourth-order valence-electron chi connectivity index (χ4n) is 4.92. The van der Waals surface area contributed by atoms with Gasteiger partial charge in [0.05, 0.1) is 23.0 Å². The molecule has 0 spiro atoms. The lowest BCUT2D eigenvalue weighted by Gasteiger charge is -2.14. The Labute approximate surface area is 221 Å². The van der Waals surface area contributed by atoms with Crippen molar-refractivity contribution < 1.29 is 18.4 Å². The summed E-state index contributed by atoms with van der Waals surface area (Å²) in [6, 6.07) is 14.2. The van der Waals surface area contributed by atoms with Crippen LogP contribution in [0.5, 0.6) is 5.75 Å². The Hall–Kier alpha value is -4.21. The second-order valence-electron chi connectivity index (χ2n) is 9.03. The number of hydrogen-bond acceptors (Lipinski definition) is 6. The molecule has 0 unspecified atom stereocenters. The van der Waals surface area contributed by atoms with Gasteiger partial charge < -0.3 is 13.9 Å². The normalized spacial score (nSPS) is 14.1. The number of pyridine rings is 1. The molecular formula is C28H22ClFN4O4. The van der Waals surface area contributed by atoms with Crippen molar-refractivity contribution in [2.45, 2.75) is 26.6 Å². The van der Waals surface area contributed by atoms with Crippen LogP contribution in [0.3, 0.4) is 0 Å². The maximum absolute atomic E-state index is 14.1. The van der Waals surface area contributed by atoms with Gasteiger partial charge in [-0.3, -0.25) is 9.51 Å². The maximum atomic E-state index is 14.1. The molecule has 1 N–H and O–H groups in total. The van der Waals surface area contributed by atoms with E-state index in [9.17, 15) is 9.18 Å². The quantitative estimate of drug-likeness (QED) is 0.325. The number of nitrogens with one attached hydrogen (secondary N) is 1. The number of hydrogen-bond donors (Lipinski definition) is 1. The molecule has 5 aromatic rings. The Balaban J connectivity index is 1.48. The topological polar surface area (TPSA) is 94.7 Å². The van der Waals surface area contributed by atoms with Gasteiger partial charge in [0.25, 0.3) is 0 Å². The third-order valence-corrected chi connectivity index (χ3v) is 6.94. The molecule has 3 aromatic heterocycles. The monoisotopic (exact) mass is 532 g/mol. The first-order chi connectivity index (χ1) is 18.4. The third kappa shape index (κ3) is 4.19. The molecule has 0 amide bonds. The SMILES string of the molecule is COCc1nc2c(Cl)cccn2c1Cc1ccc2c(c1)COc1cc(F)ccc1/C2=C(\C)c1noc(=O)[nH]1. The van der Waals surface area contributed by atoms with Gasteiger partial charge in [-0.1, -0.05) is 35.0 Å². The lowest BCUT2D eigenvalue weighted by Crippen LogP contribution is -2.03. The molecule has 192 valence electrons. The molecule has 10 heteroatoms. The lowest BCUT2D eigenvalue weighted by atomic mass is 9.89. The lowest BCUT2D eigenvalue weighted by molar-refractivity contribution is 0.181. The van der Waals surface area contributed by atoms with Crippen LogP contribution < -0.4 is 10.5 Å². The number of methoxy groups -OCH3 is 1. The first-order valence-corrected chi connectivity index (χ1v) is 12.3. The van der Waals surface area contributed by atoms with E-state index >= 15 is 0 Å². The average molecular weight is 533 g/mol. The second kappa shape index (κ2) is 9.59. The van der Waals surface area contributed by atoms with E-state index in [1.807, 2.05) is 41.8 Å². The fourth-order valence-corrected chi connectivity index (χ4v) is 5.13. The Morgan fingerprint density at radius 2 is 2.05 bits per heavy atom. The van der Waals surface area contributed by atoms with Gasteiger partial charge in [0.2, 0.25) is 0 Å². The molecule has 0 atom stereocenters. The zero-order valence-corrected chi connectivity index (χ0v) is 21.3. The molecule has 0 bridgehead atoms. The molecular weight excluding hydrogens is 511 g/mol. The van der Waals surface area contributed by atoms with E-state index in [1.165, 1.54) is 12.1 Å². The number of allylic oxidation sites excluding steroid dienone is 1. The molecule has 0 saturated heterocycles. The summed E-state index contributed by atoms with van der Waals surface area (Å²) in [6.07, 6.45) is 2.51. The van der Waals surface area contributed by atoms with E-state index < -0.39 is 11.6 Å². The van der Waals surface area contributed by atoms with Crippen molar-refractivity contribution in [1.29, 1.82) is 0 Å². The van der Waals surface area contributed by atoms with E-state index in [0.717, 1.165) is 33.7 Å². The number of H-pyrrole nitrogens is 1. The third-order valence-electron chi connectivity index (χ3n) is 6.64. The zero-order chi connectivity index (χ0) is 26.4. The van der Waals surface area contributed by atoms with Gasteiger partial charge in [-0.15, -0.1) is 0 Å². The Morgan fingerprint density at radius 3 is 2.84 bits per heavy atom. The number of rotatable bonds is 5. The summed E-state index contributed by atoms with van der Waals surface area (Å²) >= 11 is 6.41. The van der Waals surface area contributed by atoms with Crippen LogP contribution in [0.4, 0.5) is 4.39 Å². The number of aromatic amines is 1. The van der Waals surface area contributed by atoms with Crippen molar-refractivity contribution >= 4 is 28.4 Å². The van der Waals surface area contributed by atoms with Crippen LogP contribution in [0.15, 0.2) is 64.0 Å². The van der Waals surface area contributed by atoms with Crippen molar-refractivity contribution in [3.8, 4) is 5.75 Å². The zero-order valence-electron chi connectivity index (χ0n) is 20.5. The minimum absolute atomic E-state index is 0.232. The van der Waals surface area contributed by atoms with Crippen LogP contribution in [0.25, 0.3) is 16.8 Å². The number of fused-ring (bicyclic) bond motifs is 3. The van der Waals surface area contributed by atoms with Crippen LogP contribution in [-0.4, -0.2) is 26.6 Å². The van der Waals surface area contributed by atoms with E-state index in [-0.39, 0.29) is 6.61 Å². The first-order valence-electron chi connectivity index (χ1n) is 11.9. The van der Waals surface area contributed by atoms with E-state index in [4.69, 9.17) is 30.6 Å². The molecule has 8 nitrogen and oxygen atoms in total. The summed E-state index contributed by atoms with van der Waals surface area (Å²) in [5.74, 6) is -0.357. The fraction of sp³-hybridized carbons (Fsp3) is 0.179. The number of ether oxygens (including phenoxy) is 2. The highest BCUT2D eigenvalue weighted by atomic mass is 35.5. The van der Waals surface area contributed by atoms with Gasteiger partial charge in [0.15, 0.2) is 11.5 Å². The summed E-state index contributed by atoms with van der Waals surface area (Å²) in [5.41, 5.74) is 7.39. The first kappa shape index (κ1) is 24.1. The van der Waals surface area contributed by atoms with Crippen molar-refractivity contribution in [3.05, 3.63) is 116 Å². The van der Waals surface area contributed by atoms with E-state index in [0.29, 0.717) is 46.4 Å². The Morgan fingerprint density at radius 1 is 1.21 bits per heavy atom. The molecule has 38 heavy (non-hydrogen) atoms. The Bertz CT molecular complexity index is 1790. The van der Waals surface area contributed by atoms with Crippen LogP contribution in [0, 0.1) is 5.82 Å². The Kier molecular flexibility index (Phi) is 6.09. The smallest absolute Gasteiger partial charge is 0.439 e. The summed E-state index contributed by atoms with van der Waals surface area (Å²) in [4.78, 5) is 19.0. The standard InChI is InChI=1S/C28H22ClFN4O4/c1-15(26-32-28(35)38-33-26)25-19-7-5-16(10-17(19)13-37-24-12-18(30)6-8-20(24)25)11-23-22(14-36-2)31-27-21(29)4-3-9-34(23)27/h3-10,12H,11,13-14H2,1-2H3,(H,32,33,35)/b25-15+. The predicted octanol–water partition coefficient (Wildman–Crippen LogP) is 5.41. The maximum Gasteiger partial charge on any atom is 0.439 e. The van der Waals surface area contributed by atoms with Crippen molar-refractivity contribution in [2.24, 2.45) is 0 Å². The molecule has 4 heterocycles. The highest BCUT2D eigenvalue weighted by Crippen LogP contribution is 2.41. The van der Waals surface area contributed by atoms with Gasteiger partial charge in [-0.25, -0.2) is 14.2 Å². The van der Waals surface area contributed by atoms with Crippen molar-refractivity contribution in [3.63, 3.8) is 0 Å². The van der Waals surface area contributed by atoms with Crippen LogP contribution >= 0.6 is 11.6 Å². The van der Waals surface area contributed by atoms with Crippen molar-refractivity contribution in [1.82, 2.24) is 19.5 Å². The number of nitrogens with zero attached hydrogens (tertiary/aromatic N) is 3. The van der Waals surface area contributed by atoms with Crippen molar-refractivity contribution in [2.75, 3.05) is 7.11 Å². The number of benzene rings is 2. The van der Waals surface area contributed by atoms with Crippen LogP contribution in [-0.2, 0) is 24.4 Å². The van der Waals surface area contributed by atoms with E-state index in [2.05, 4.69) is 16.2 Å². The molecule has 2 aromatic carbocycles. The van der Waals surface area contributed by atoms with Crippen LogP contribution in [0.1, 0.15) is 46.4 Å². The molecule has 0 saturated carbocycles. The summed E-state index contributed by atoms with van der Waals surface area (Å²) in [7, 11) is 1.63. The van der Waals surface area contributed by atoms with Gasteiger partial charge in [0, 0.05) is 36.9 Å². The van der Waals surface area contributed by atoms with E-state index in [1.54, 1.807) is 13.2 Å². The minimum Gasteiger partial charge on any atom is -0.488 e. The van der Waals surface area contributed by atoms with Gasteiger partial charge >= 0.3 is 5.76 Å². The molecule has 6 rings (SSSR count). The molecule has 1 aliphatic heterocycles. The minimum atomic E-state index is -0.653. The number of halogens is 2. The molecule has 0 aliphatic carbocycles.